The summed E-state index contributed by atoms with van der Waals surface area (Å²) in [5.41, 5.74) is 0.622. The van der Waals surface area contributed by atoms with Crippen LogP contribution >= 0.6 is 24.0 Å². The molecule has 0 amide bonds. The van der Waals surface area contributed by atoms with Crippen LogP contribution in [0.5, 0.6) is 5.75 Å². The number of hydrogen-bond donors (Lipinski definition) is 2. The van der Waals surface area contributed by atoms with Crippen molar-refractivity contribution in [3.63, 3.8) is 0 Å². The number of para-hydroxylation sites is 1. The Kier molecular flexibility index (Phi) is 8.87. The SMILES string of the molecule is CN=C(NCc1ccccc1OC(F)F)NCc1nnc2n1CCCCC2.I. The van der Waals surface area contributed by atoms with Gasteiger partial charge < -0.3 is 19.9 Å². The zero-order chi connectivity index (χ0) is 19.1. The minimum atomic E-state index is -2.85. The monoisotopic (exact) mass is 506 g/mol. The third kappa shape index (κ3) is 6.01. The molecule has 1 aliphatic rings. The molecule has 154 valence electrons. The van der Waals surface area contributed by atoms with Crippen LogP contribution in [0.2, 0.25) is 0 Å². The Labute approximate surface area is 180 Å². The Morgan fingerprint density at radius 3 is 2.75 bits per heavy atom. The van der Waals surface area contributed by atoms with Crippen LogP contribution in [0.4, 0.5) is 8.78 Å². The Bertz CT molecular complexity index is 783. The van der Waals surface area contributed by atoms with E-state index in [-0.39, 0.29) is 29.7 Å². The standard InChI is InChI=1S/C18H24F2N6O.HI/c1-21-18(22-11-13-7-4-5-8-14(13)27-17(19)20)23-12-16-25-24-15-9-3-2-6-10-26(15)16;/h4-5,7-8,17H,2-3,6,9-12H2,1H3,(H2,21,22,23);1H. The Hall–Kier alpha value is -1.98. The van der Waals surface area contributed by atoms with Crippen molar-refractivity contribution in [1.82, 2.24) is 25.4 Å². The molecule has 10 heteroatoms. The zero-order valence-electron chi connectivity index (χ0n) is 15.7. The lowest BCUT2D eigenvalue weighted by Crippen LogP contribution is -2.37. The van der Waals surface area contributed by atoms with Gasteiger partial charge in [0.15, 0.2) is 11.8 Å². The molecule has 1 aliphatic heterocycles. The first-order chi connectivity index (χ1) is 13.2. The topological polar surface area (TPSA) is 76.4 Å². The summed E-state index contributed by atoms with van der Waals surface area (Å²) in [5, 5.41) is 14.9. The van der Waals surface area contributed by atoms with E-state index in [4.69, 9.17) is 0 Å². The molecule has 0 atom stereocenters. The molecule has 0 fully saturated rings. The van der Waals surface area contributed by atoms with Gasteiger partial charge in [-0.1, -0.05) is 24.6 Å². The molecular weight excluding hydrogens is 481 g/mol. The van der Waals surface area contributed by atoms with E-state index >= 15 is 0 Å². The summed E-state index contributed by atoms with van der Waals surface area (Å²) in [4.78, 5) is 4.17. The number of fused-ring (bicyclic) bond motifs is 1. The molecule has 2 N–H and O–H groups in total. The van der Waals surface area contributed by atoms with E-state index in [0.717, 1.165) is 37.5 Å². The first kappa shape index (κ1) is 22.3. The summed E-state index contributed by atoms with van der Waals surface area (Å²) in [6.07, 6.45) is 4.45. The number of aliphatic imine (C=N–C) groups is 1. The van der Waals surface area contributed by atoms with Crippen molar-refractivity contribution in [2.45, 2.75) is 51.9 Å². The number of halogens is 3. The van der Waals surface area contributed by atoms with Crippen molar-refractivity contribution < 1.29 is 13.5 Å². The van der Waals surface area contributed by atoms with Gasteiger partial charge in [-0.05, 0) is 18.9 Å². The maximum absolute atomic E-state index is 12.5. The summed E-state index contributed by atoms with van der Waals surface area (Å²) >= 11 is 0. The Morgan fingerprint density at radius 1 is 1.18 bits per heavy atom. The smallest absolute Gasteiger partial charge is 0.387 e. The highest BCUT2D eigenvalue weighted by atomic mass is 127. The number of aryl methyl sites for hydroxylation is 1. The van der Waals surface area contributed by atoms with Gasteiger partial charge in [0.25, 0.3) is 0 Å². The first-order valence-corrected chi connectivity index (χ1v) is 9.05. The minimum Gasteiger partial charge on any atom is -0.434 e. The zero-order valence-corrected chi connectivity index (χ0v) is 18.0. The van der Waals surface area contributed by atoms with E-state index in [0.29, 0.717) is 24.6 Å². The molecule has 2 aromatic rings. The van der Waals surface area contributed by atoms with E-state index in [1.165, 1.54) is 12.5 Å². The maximum atomic E-state index is 12.5. The minimum absolute atomic E-state index is 0. The van der Waals surface area contributed by atoms with Gasteiger partial charge in [0, 0.05) is 32.1 Å². The molecular formula is C18H25F2IN6O. The lowest BCUT2D eigenvalue weighted by Gasteiger charge is -2.14. The average molecular weight is 506 g/mol. The van der Waals surface area contributed by atoms with E-state index in [9.17, 15) is 8.78 Å². The van der Waals surface area contributed by atoms with E-state index in [1.807, 2.05) is 0 Å². The Morgan fingerprint density at radius 2 is 1.96 bits per heavy atom. The predicted molar refractivity (Wildman–Crippen MR) is 113 cm³/mol. The molecule has 28 heavy (non-hydrogen) atoms. The largest absolute Gasteiger partial charge is 0.434 e. The second-order valence-corrected chi connectivity index (χ2v) is 6.26. The lowest BCUT2D eigenvalue weighted by atomic mass is 10.2. The molecule has 1 aromatic heterocycles. The van der Waals surface area contributed by atoms with Crippen LogP contribution in [0, 0.1) is 0 Å². The summed E-state index contributed by atoms with van der Waals surface area (Å²) < 4.78 is 31.7. The molecule has 0 saturated carbocycles. The molecule has 0 aliphatic carbocycles. The highest BCUT2D eigenvalue weighted by Gasteiger charge is 2.15. The van der Waals surface area contributed by atoms with Crippen molar-refractivity contribution in [2.75, 3.05) is 7.05 Å². The normalized spacial score (nSPS) is 14.1. The lowest BCUT2D eigenvalue weighted by molar-refractivity contribution is -0.0504. The predicted octanol–water partition coefficient (Wildman–Crippen LogP) is 3.09. The molecule has 0 radical (unpaired) electrons. The number of alkyl halides is 2. The van der Waals surface area contributed by atoms with Crippen molar-refractivity contribution >= 4 is 29.9 Å². The van der Waals surface area contributed by atoms with Crippen LogP contribution in [0.3, 0.4) is 0 Å². The first-order valence-electron chi connectivity index (χ1n) is 9.05. The van der Waals surface area contributed by atoms with Crippen LogP contribution in [0.15, 0.2) is 29.3 Å². The van der Waals surface area contributed by atoms with Crippen LogP contribution < -0.4 is 15.4 Å². The van der Waals surface area contributed by atoms with E-state index in [2.05, 4.69) is 35.1 Å². The number of guanidine groups is 1. The molecule has 1 aromatic carbocycles. The van der Waals surface area contributed by atoms with Gasteiger partial charge >= 0.3 is 6.61 Å². The van der Waals surface area contributed by atoms with Gasteiger partial charge in [-0.2, -0.15) is 8.78 Å². The molecule has 0 saturated heterocycles. The highest BCUT2D eigenvalue weighted by Crippen LogP contribution is 2.20. The number of nitrogens with one attached hydrogen (secondary N) is 2. The molecule has 0 unspecified atom stereocenters. The van der Waals surface area contributed by atoms with Crippen molar-refractivity contribution in [2.24, 2.45) is 4.99 Å². The van der Waals surface area contributed by atoms with Gasteiger partial charge in [-0.3, -0.25) is 4.99 Å². The Balaban J connectivity index is 0.00000280. The molecule has 7 nitrogen and oxygen atoms in total. The van der Waals surface area contributed by atoms with Gasteiger partial charge in [0.2, 0.25) is 0 Å². The van der Waals surface area contributed by atoms with Crippen molar-refractivity contribution in [1.29, 1.82) is 0 Å². The maximum Gasteiger partial charge on any atom is 0.387 e. The van der Waals surface area contributed by atoms with Gasteiger partial charge in [-0.25, -0.2) is 0 Å². The summed E-state index contributed by atoms with van der Waals surface area (Å²) in [5.74, 6) is 2.60. The van der Waals surface area contributed by atoms with Crippen molar-refractivity contribution in [3.05, 3.63) is 41.5 Å². The summed E-state index contributed by atoms with van der Waals surface area (Å²) in [6, 6.07) is 6.68. The number of ether oxygens (including phenoxy) is 1. The van der Waals surface area contributed by atoms with Crippen LogP contribution in [0.1, 0.15) is 36.5 Å². The number of rotatable bonds is 6. The van der Waals surface area contributed by atoms with Gasteiger partial charge in [0.1, 0.15) is 11.6 Å². The number of benzene rings is 1. The fourth-order valence-corrected chi connectivity index (χ4v) is 3.10. The van der Waals surface area contributed by atoms with Crippen LogP contribution in [-0.2, 0) is 26.1 Å². The second kappa shape index (κ2) is 11.1. The summed E-state index contributed by atoms with van der Waals surface area (Å²) in [7, 11) is 1.65. The van der Waals surface area contributed by atoms with Crippen LogP contribution in [-0.4, -0.2) is 34.4 Å². The average Bonchev–Trinajstić information content (AvgIpc) is 2.89. The van der Waals surface area contributed by atoms with Crippen molar-refractivity contribution in [3.8, 4) is 5.75 Å². The highest BCUT2D eigenvalue weighted by molar-refractivity contribution is 14.0. The van der Waals surface area contributed by atoms with E-state index in [1.54, 1.807) is 25.2 Å². The third-order valence-corrected chi connectivity index (χ3v) is 4.46. The number of nitrogens with zero attached hydrogens (tertiary/aromatic N) is 4. The van der Waals surface area contributed by atoms with Gasteiger partial charge in [0.05, 0.1) is 6.54 Å². The van der Waals surface area contributed by atoms with Gasteiger partial charge in [-0.15, -0.1) is 34.2 Å². The molecule has 2 heterocycles. The quantitative estimate of drug-likeness (QED) is 0.358. The third-order valence-electron chi connectivity index (χ3n) is 4.46. The number of aromatic nitrogens is 3. The number of hydrogen-bond acceptors (Lipinski definition) is 4. The molecule has 0 spiro atoms. The second-order valence-electron chi connectivity index (χ2n) is 6.26. The fourth-order valence-electron chi connectivity index (χ4n) is 3.10. The fraction of sp³-hybridized carbons (Fsp3) is 0.500. The van der Waals surface area contributed by atoms with E-state index < -0.39 is 6.61 Å². The van der Waals surface area contributed by atoms with Crippen LogP contribution in [0.25, 0.3) is 0 Å². The molecule has 3 rings (SSSR count). The summed E-state index contributed by atoms with van der Waals surface area (Å²) in [6.45, 7) is -1.13. The molecule has 0 bridgehead atoms.